The number of rotatable bonds is 6. The third-order valence-corrected chi connectivity index (χ3v) is 5.86. The Hall–Kier alpha value is -3.39. The maximum Gasteiger partial charge on any atom is 0.263 e. The van der Waals surface area contributed by atoms with E-state index in [-0.39, 0.29) is 11.3 Å². The number of aliphatic hydroxyl groups excluding tert-OH is 1. The topological polar surface area (TPSA) is 92.5 Å². The van der Waals surface area contributed by atoms with E-state index in [2.05, 4.69) is 20.2 Å². The highest BCUT2D eigenvalue weighted by Crippen LogP contribution is 2.31. The van der Waals surface area contributed by atoms with Crippen molar-refractivity contribution in [3.63, 3.8) is 0 Å². The van der Waals surface area contributed by atoms with Gasteiger partial charge < -0.3 is 19.7 Å². The molecule has 0 saturated carbocycles. The monoisotopic (exact) mass is 419 g/mol. The van der Waals surface area contributed by atoms with Gasteiger partial charge in [0.15, 0.2) is 0 Å². The highest BCUT2D eigenvalue weighted by molar-refractivity contribution is 6.25. The Kier molecular flexibility index (Phi) is 5.30. The van der Waals surface area contributed by atoms with Crippen molar-refractivity contribution in [3.05, 3.63) is 54.3 Å². The first-order valence-electron chi connectivity index (χ1n) is 10.7. The fraction of sp³-hybridized carbons (Fsp3) is 0.348. The average Bonchev–Trinajstić information content (AvgIpc) is 3.42. The molecule has 8 nitrogen and oxygen atoms in total. The van der Waals surface area contributed by atoms with Gasteiger partial charge in [-0.05, 0) is 38.1 Å². The molecule has 2 aliphatic heterocycles. The van der Waals surface area contributed by atoms with E-state index in [9.17, 15) is 9.90 Å². The number of nitrogens with zero attached hydrogens (tertiary/aromatic N) is 4. The number of allylic oxidation sites excluding steroid dienone is 1. The Morgan fingerprint density at radius 3 is 2.87 bits per heavy atom. The Balaban J connectivity index is 1.36. The van der Waals surface area contributed by atoms with Crippen molar-refractivity contribution in [2.75, 3.05) is 31.6 Å². The average molecular weight is 419 g/mol. The zero-order valence-corrected chi connectivity index (χ0v) is 17.3. The van der Waals surface area contributed by atoms with Crippen LogP contribution in [0.25, 0.3) is 16.6 Å². The first-order valence-corrected chi connectivity index (χ1v) is 10.7. The van der Waals surface area contributed by atoms with Gasteiger partial charge in [-0.1, -0.05) is 12.1 Å². The van der Waals surface area contributed by atoms with E-state index in [4.69, 9.17) is 4.74 Å². The number of likely N-dealkylation sites (tertiary alicyclic amines) is 1. The van der Waals surface area contributed by atoms with Crippen molar-refractivity contribution in [1.29, 1.82) is 0 Å². The predicted molar refractivity (Wildman–Crippen MR) is 118 cm³/mol. The van der Waals surface area contributed by atoms with Crippen LogP contribution in [0, 0.1) is 0 Å². The number of aliphatic hydroxyl groups is 1. The lowest BCUT2D eigenvalue weighted by atomic mass is 10.1. The summed E-state index contributed by atoms with van der Waals surface area (Å²) in [5.41, 5.74) is 2.41. The fourth-order valence-corrected chi connectivity index (χ4v) is 4.27. The summed E-state index contributed by atoms with van der Waals surface area (Å²) >= 11 is 0. The van der Waals surface area contributed by atoms with E-state index in [1.165, 1.54) is 12.8 Å². The molecule has 3 aromatic rings. The quantitative estimate of drug-likeness (QED) is 0.637. The zero-order valence-electron chi connectivity index (χ0n) is 17.3. The number of carbonyl (C=O) groups excluding carboxylic acids is 1. The van der Waals surface area contributed by atoms with E-state index < -0.39 is 5.91 Å². The number of fused-ring (bicyclic) bond motifs is 3. The van der Waals surface area contributed by atoms with Crippen molar-refractivity contribution in [3.8, 4) is 5.75 Å². The molecule has 1 fully saturated rings. The first kappa shape index (κ1) is 19.6. The number of aryl methyl sites for hydroxylation is 1. The number of para-hydroxylation sites is 2. The molecular weight excluding hydrogens is 394 g/mol. The molecule has 1 aromatic carbocycles. The van der Waals surface area contributed by atoms with Crippen molar-refractivity contribution in [2.24, 2.45) is 0 Å². The van der Waals surface area contributed by atoms with Gasteiger partial charge >= 0.3 is 0 Å². The second-order valence-corrected chi connectivity index (χ2v) is 7.87. The smallest absolute Gasteiger partial charge is 0.263 e. The molecule has 1 amide bonds. The lowest BCUT2D eigenvalue weighted by Gasteiger charge is -2.19. The molecule has 0 aliphatic carbocycles. The minimum absolute atomic E-state index is 0.0423. The van der Waals surface area contributed by atoms with Crippen LogP contribution in [0.1, 0.15) is 25.1 Å². The van der Waals surface area contributed by atoms with Crippen LogP contribution in [0.3, 0.4) is 0 Å². The van der Waals surface area contributed by atoms with Crippen LogP contribution >= 0.6 is 0 Å². The van der Waals surface area contributed by atoms with E-state index in [1.807, 2.05) is 28.8 Å². The standard InChI is InChI=1S/C23H25N5O3/c29-19-8-12-28-18-6-2-1-5-16(18)25-22(28)21(19)23(30)26-17-15-24-9-7-20(17)31-14-13-27-10-3-4-11-27/h1-2,5-7,9,15,29H,3-4,8,10-14H2,(H,26,30). The predicted octanol–water partition coefficient (Wildman–Crippen LogP) is 3.22. The van der Waals surface area contributed by atoms with E-state index in [0.717, 1.165) is 30.7 Å². The third kappa shape index (κ3) is 3.86. The van der Waals surface area contributed by atoms with Crippen LogP contribution in [-0.4, -0.2) is 56.7 Å². The van der Waals surface area contributed by atoms with E-state index in [1.54, 1.807) is 18.5 Å². The van der Waals surface area contributed by atoms with Crippen molar-refractivity contribution < 1.29 is 14.6 Å². The molecule has 2 aliphatic rings. The zero-order chi connectivity index (χ0) is 21.2. The molecule has 2 N–H and O–H groups in total. The summed E-state index contributed by atoms with van der Waals surface area (Å²) in [6, 6.07) is 9.46. The number of nitrogens with one attached hydrogen (secondary N) is 1. The number of pyridine rings is 1. The minimum Gasteiger partial charge on any atom is -0.511 e. The summed E-state index contributed by atoms with van der Waals surface area (Å²) < 4.78 is 7.91. The van der Waals surface area contributed by atoms with E-state index in [0.29, 0.717) is 36.8 Å². The second-order valence-electron chi connectivity index (χ2n) is 7.87. The lowest BCUT2D eigenvalue weighted by molar-refractivity contribution is -0.111. The summed E-state index contributed by atoms with van der Waals surface area (Å²) in [4.78, 5) is 24.3. The minimum atomic E-state index is -0.425. The first-order chi connectivity index (χ1) is 15.2. The molecule has 0 atom stereocenters. The molecule has 0 spiro atoms. The molecule has 0 radical (unpaired) electrons. The van der Waals surface area contributed by atoms with Crippen LogP contribution in [0.4, 0.5) is 5.69 Å². The SMILES string of the molecule is O=C(Nc1cnccc1OCCN1CCCC1)C1=C(O)CCn2c1nc1ccccc12. The molecule has 1 saturated heterocycles. The van der Waals surface area contributed by atoms with Crippen LogP contribution in [-0.2, 0) is 11.3 Å². The van der Waals surface area contributed by atoms with Crippen LogP contribution in [0.15, 0.2) is 48.5 Å². The van der Waals surface area contributed by atoms with Crippen LogP contribution < -0.4 is 10.1 Å². The lowest BCUT2D eigenvalue weighted by Crippen LogP contribution is -2.25. The molecule has 0 unspecified atom stereocenters. The number of ether oxygens (including phenoxy) is 1. The van der Waals surface area contributed by atoms with Gasteiger partial charge in [0.05, 0.1) is 17.2 Å². The Bertz CT molecular complexity index is 1150. The van der Waals surface area contributed by atoms with Gasteiger partial charge in [0.1, 0.15) is 35.2 Å². The molecule has 0 bridgehead atoms. The largest absolute Gasteiger partial charge is 0.511 e. The van der Waals surface area contributed by atoms with Crippen LogP contribution in [0.5, 0.6) is 5.75 Å². The second kappa shape index (κ2) is 8.39. The molecular formula is C23H25N5O3. The van der Waals surface area contributed by atoms with Gasteiger partial charge in [-0.25, -0.2) is 4.98 Å². The molecule has 4 heterocycles. The van der Waals surface area contributed by atoms with E-state index >= 15 is 0 Å². The highest BCUT2D eigenvalue weighted by Gasteiger charge is 2.28. The Morgan fingerprint density at radius 2 is 2.00 bits per heavy atom. The maximum absolute atomic E-state index is 13.2. The third-order valence-electron chi connectivity index (χ3n) is 5.86. The summed E-state index contributed by atoms with van der Waals surface area (Å²) in [5.74, 6) is 0.654. The van der Waals surface area contributed by atoms with Gasteiger partial charge in [-0.15, -0.1) is 0 Å². The number of aromatic nitrogens is 3. The van der Waals surface area contributed by atoms with Gasteiger partial charge in [-0.3, -0.25) is 14.7 Å². The van der Waals surface area contributed by atoms with Crippen LogP contribution in [0.2, 0.25) is 0 Å². The van der Waals surface area contributed by atoms with Gasteiger partial charge in [0, 0.05) is 31.8 Å². The van der Waals surface area contributed by atoms with Gasteiger partial charge in [0.25, 0.3) is 5.91 Å². The molecule has 8 heteroatoms. The number of amides is 1. The Morgan fingerprint density at radius 1 is 1.16 bits per heavy atom. The Labute approximate surface area is 180 Å². The van der Waals surface area contributed by atoms with Crippen molar-refractivity contribution >= 4 is 28.2 Å². The van der Waals surface area contributed by atoms with Gasteiger partial charge in [-0.2, -0.15) is 0 Å². The number of benzene rings is 1. The van der Waals surface area contributed by atoms with Gasteiger partial charge in [0.2, 0.25) is 0 Å². The summed E-state index contributed by atoms with van der Waals surface area (Å²) in [5, 5.41) is 13.4. The normalized spacial score (nSPS) is 16.5. The molecule has 2 aromatic heterocycles. The fourth-order valence-electron chi connectivity index (χ4n) is 4.27. The molecule has 5 rings (SSSR count). The summed E-state index contributed by atoms with van der Waals surface area (Å²) in [6.45, 7) is 4.19. The maximum atomic E-state index is 13.2. The summed E-state index contributed by atoms with van der Waals surface area (Å²) in [7, 11) is 0. The van der Waals surface area contributed by atoms with Crippen molar-refractivity contribution in [2.45, 2.75) is 25.8 Å². The molecule has 160 valence electrons. The number of imidazole rings is 1. The number of hydrogen-bond donors (Lipinski definition) is 2. The number of carbonyl (C=O) groups is 1. The summed E-state index contributed by atoms with van der Waals surface area (Å²) in [6.07, 6.45) is 6.05. The number of hydrogen-bond acceptors (Lipinski definition) is 6. The van der Waals surface area contributed by atoms with Crippen molar-refractivity contribution in [1.82, 2.24) is 19.4 Å². The highest BCUT2D eigenvalue weighted by atomic mass is 16.5. The number of anilines is 1. The molecule has 31 heavy (non-hydrogen) atoms.